The van der Waals surface area contributed by atoms with Gasteiger partial charge in [0.15, 0.2) is 0 Å². The van der Waals surface area contributed by atoms with Crippen LogP contribution in [0.25, 0.3) is 0 Å². The smallest absolute Gasteiger partial charge is 0.328 e. The number of esters is 1. The first-order valence-electron chi connectivity index (χ1n) is 7.37. The van der Waals surface area contributed by atoms with E-state index in [9.17, 15) is 14.4 Å². The van der Waals surface area contributed by atoms with Gasteiger partial charge >= 0.3 is 5.97 Å². The van der Waals surface area contributed by atoms with Gasteiger partial charge < -0.3 is 15.4 Å². The molecule has 0 spiro atoms. The van der Waals surface area contributed by atoms with Crippen molar-refractivity contribution < 1.29 is 19.1 Å². The molecule has 21 heavy (non-hydrogen) atoms. The van der Waals surface area contributed by atoms with Crippen molar-refractivity contribution in [2.45, 2.75) is 54.0 Å². The van der Waals surface area contributed by atoms with Crippen LogP contribution in [-0.2, 0) is 19.1 Å². The molecule has 2 atom stereocenters. The maximum absolute atomic E-state index is 11.9. The molecule has 2 amide bonds. The number of hydrogen-bond acceptors (Lipinski definition) is 4. The zero-order valence-electron chi connectivity index (χ0n) is 13.9. The van der Waals surface area contributed by atoms with Crippen LogP contribution in [-0.4, -0.2) is 37.0 Å². The summed E-state index contributed by atoms with van der Waals surface area (Å²) in [5.74, 6) is -1.09. The van der Waals surface area contributed by atoms with E-state index in [2.05, 4.69) is 10.6 Å². The predicted octanol–water partition coefficient (Wildman–Crippen LogP) is 1.24. The van der Waals surface area contributed by atoms with E-state index in [0.29, 0.717) is 0 Å². The third-order valence-electron chi connectivity index (χ3n) is 3.16. The summed E-state index contributed by atoms with van der Waals surface area (Å²) in [6, 6.07) is -0.686. The first-order chi connectivity index (χ1) is 9.63. The molecule has 0 aliphatic heterocycles. The summed E-state index contributed by atoms with van der Waals surface area (Å²) in [4.78, 5) is 35.4. The highest BCUT2D eigenvalue weighted by molar-refractivity contribution is 5.89. The summed E-state index contributed by atoms with van der Waals surface area (Å²) < 4.78 is 4.97. The molecule has 0 radical (unpaired) electrons. The number of hydrogen-bond donors (Lipinski definition) is 2. The molecule has 0 bridgehead atoms. The third-order valence-corrected chi connectivity index (χ3v) is 3.16. The van der Waals surface area contributed by atoms with Gasteiger partial charge in [-0.1, -0.05) is 41.0 Å². The van der Waals surface area contributed by atoms with Crippen molar-refractivity contribution in [2.24, 2.45) is 11.3 Å². The predicted molar refractivity (Wildman–Crippen MR) is 80.5 cm³/mol. The van der Waals surface area contributed by atoms with E-state index >= 15 is 0 Å². The largest absolute Gasteiger partial charge is 0.464 e. The lowest BCUT2D eigenvalue weighted by molar-refractivity contribution is -0.148. The molecule has 0 saturated heterocycles. The lowest BCUT2D eigenvalue weighted by atomic mass is 9.96. The van der Waals surface area contributed by atoms with Gasteiger partial charge in [0.05, 0.1) is 13.2 Å². The molecule has 0 unspecified atom stereocenters. The maximum atomic E-state index is 11.9. The molecule has 0 aromatic carbocycles. The second kappa shape index (κ2) is 8.64. The summed E-state index contributed by atoms with van der Waals surface area (Å²) in [5.41, 5.74) is -0.558. The molecule has 0 saturated carbocycles. The van der Waals surface area contributed by atoms with Crippen LogP contribution in [0.5, 0.6) is 0 Å². The zero-order valence-corrected chi connectivity index (χ0v) is 13.9. The first kappa shape index (κ1) is 19.4. The van der Waals surface area contributed by atoms with E-state index in [1.54, 1.807) is 27.7 Å². The second-order valence-electron chi connectivity index (χ2n) is 6.12. The van der Waals surface area contributed by atoms with Crippen LogP contribution in [0.2, 0.25) is 0 Å². The van der Waals surface area contributed by atoms with Gasteiger partial charge in [-0.15, -0.1) is 0 Å². The summed E-state index contributed by atoms with van der Waals surface area (Å²) in [5, 5.41) is 5.18. The molecular formula is C15H28N2O4. The molecular weight excluding hydrogens is 272 g/mol. The fourth-order valence-corrected chi connectivity index (χ4v) is 1.55. The Morgan fingerprint density at radius 3 is 2.14 bits per heavy atom. The average Bonchev–Trinajstić information content (AvgIpc) is 2.40. The van der Waals surface area contributed by atoms with E-state index in [1.165, 1.54) is 0 Å². The normalized spacial score (nSPS) is 14.0. The second-order valence-corrected chi connectivity index (χ2v) is 6.12. The van der Waals surface area contributed by atoms with Gasteiger partial charge in [-0.25, -0.2) is 4.79 Å². The molecule has 2 N–H and O–H groups in total. The van der Waals surface area contributed by atoms with E-state index in [4.69, 9.17) is 4.74 Å². The number of rotatable bonds is 7. The van der Waals surface area contributed by atoms with Crippen LogP contribution in [0.1, 0.15) is 48.0 Å². The highest BCUT2D eigenvalue weighted by atomic mass is 16.5. The molecule has 122 valence electrons. The van der Waals surface area contributed by atoms with Gasteiger partial charge in [0.1, 0.15) is 6.04 Å². The monoisotopic (exact) mass is 300 g/mol. The Balaban J connectivity index is 4.54. The summed E-state index contributed by atoms with van der Waals surface area (Å²) in [6.07, 6.45) is 0.734. The highest BCUT2D eigenvalue weighted by Crippen LogP contribution is 2.12. The number of ether oxygens (including phenoxy) is 1. The molecule has 0 fully saturated rings. The Kier molecular flexibility index (Phi) is 7.99. The number of carbonyl (C=O) groups is 3. The van der Waals surface area contributed by atoms with Gasteiger partial charge in [0.2, 0.25) is 11.8 Å². The lowest BCUT2D eigenvalue weighted by Crippen LogP contribution is -2.50. The van der Waals surface area contributed by atoms with Gasteiger partial charge in [-0.05, 0) is 12.8 Å². The van der Waals surface area contributed by atoms with Gasteiger partial charge in [-0.2, -0.15) is 0 Å². The SMILES string of the molecule is CCOC(=O)[C@H](NC(=O)CNC(=O)C(C)(C)C)[C@H](C)CC. The van der Waals surface area contributed by atoms with Gasteiger partial charge in [0.25, 0.3) is 0 Å². The van der Waals surface area contributed by atoms with Crippen LogP contribution < -0.4 is 10.6 Å². The molecule has 6 nitrogen and oxygen atoms in total. The molecule has 0 aliphatic carbocycles. The molecule has 0 aliphatic rings. The Morgan fingerprint density at radius 1 is 1.14 bits per heavy atom. The quantitative estimate of drug-likeness (QED) is 0.693. The van der Waals surface area contributed by atoms with Crippen molar-refractivity contribution >= 4 is 17.8 Å². The topological polar surface area (TPSA) is 84.5 Å². The first-order valence-corrected chi connectivity index (χ1v) is 7.37. The minimum absolute atomic E-state index is 0.0358. The Morgan fingerprint density at radius 2 is 1.71 bits per heavy atom. The van der Waals surface area contributed by atoms with E-state index < -0.39 is 23.3 Å². The molecule has 0 heterocycles. The Hall–Kier alpha value is -1.59. The van der Waals surface area contributed by atoms with Crippen LogP contribution in [0.15, 0.2) is 0 Å². The van der Waals surface area contributed by atoms with Crippen LogP contribution in [0.4, 0.5) is 0 Å². The zero-order chi connectivity index (χ0) is 16.6. The molecule has 0 aromatic heterocycles. The maximum Gasteiger partial charge on any atom is 0.328 e. The van der Waals surface area contributed by atoms with Crippen LogP contribution in [0.3, 0.4) is 0 Å². The van der Waals surface area contributed by atoms with E-state index in [1.807, 2.05) is 13.8 Å². The Labute approximate surface area is 127 Å². The van der Waals surface area contributed by atoms with Crippen molar-refractivity contribution in [2.75, 3.05) is 13.2 Å². The van der Waals surface area contributed by atoms with Crippen molar-refractivity contribution in [1.82, 2.24) is 10.6 Å². The summed E-state index contributed by atoms with van der Waals surface area (Å²) >= 11 is 0. The lowest BCUT2D eigenvalue weighted by Gasteiger charge is -2.23. The fraction of sp³-hybridized carbons (Fsp3) is 0.800. The summed E-state index contributed by atoms with van der Waals surface area (Å²) in [7, 11) is 0. The van der Waals surface area contributed by atoms with Gasteiger partial charge in [-0.3, -0.25) is 9.59 Å². The van der Waals surface area contributed by atoms with E-state index in [0.717, 1.165) is 6.42 Å². The molecule has 0 aromatic rings. The average molecular weight is 300 g/mol. The number of carbonyl (C=O) groups excluding carboxylic acids is 3. The minimum Gasteiger partial charge on any atom is -0.464 e. The standard InChI is InChI=1S/C15H28N2O4/c1-7-10(3)12(13(19)21-8-2)17-11(18)9-16-14(20)15(4,5)6/h10,12H,7-9H2,1-6H3,(H,16,20)(H,17,18)/t10-,12-/m1/s1. The highest BCUT2D eigenvalue weighted by Gasteiger charge is 2.28. The Bertz CT molecular complexity index is 374. The molecule has 0 rings (SSSR count). The summed E-state index contributed by atoms with van der Waals surface area (Å²) in [6.45, 7) is 10.9. The van der Waals surface area contributed by atoms with Crippen molar-refractivity contribution in [3.8, 4) is 0 Å². The van der Waals surface area contributed by atoms with Crippen LogP contribution in [0, 0.1) is 11.3 Å². The van der Waals surface area contributed by atoms with Gasteiger partial charge in [0, 0.05) is 5.41 Å². The van der Waals surface area contributed by atoms with E-state index in [-0.39, 0.29) is 25.0 Å². The van der Waals surface area contributed by atoms with Crippen molar-refractivity contribution in [3.63, 3.8) is 0 Å². The van der Waals surface area contributed by atoms with Crippen molar-refractivity contribution in [1.29, 1.82) is 0 Å². The third kappa shape index (κ3) is 7.11. The van der Waals surface area contributed by atoms with Crippen molar-refractivity contribution in [3.05, 3.63) is 0 Å². The number of nitrogens with one attached hydrogen (secondary N) is 2. The number of amides is 2. The fourth-order valence-electron chi connectivity index (χ4n) is 1.55. The minimum atomic E-state index is -0.686. The molecule has 6 heteroatoms. The van der Waals surface area contributed by atoms with Crippen LogP contribution >= 0.6 is 0 Å².